The lowest BCUT2D eigenvalue weighted by atomic mass is 10.2. The molecule has 0 saturated carbocycles. The third-order valence-corrected chi connectivity index (χ3v) is 2.97. The maximum Gasteiger partial charge on any atom is 0.309 e. The molecule has 1 aromatic carbocycles. The number of methoxy groups -OCH3 is 1. The average molecular weight is 310 g/mol. The molecule has 1 unspecified atom stereocenters. The summed E-state index contributed by atoms with van der Waals surface area (Å²) >= 11 is 0. The predicted molar refractivity (Wildman–Crippen MR) is 80.8 cm³/mol. The van der Waals surface area contributed by atoms with Crippen LogP contribution in [0.4, 0.5) is 0 Å². The maximum atomic E-state index is 11.5. The van der Waals surface area contributed by atoms with Gasteiger partial charge in [0.25, 0.3) is 0 Å². The van der Waals surface area contributed by atoms with Gasteiger partial charge in [0.1, 0.15) is 18.1 Å². The van der Waals surface area contributed by atoms with Gasteiger partial charge in [-0.3, -0.25) is 9.59 Å². The molecule has 7 nitrogen and oxygen atoms in total. The Morgan fingerprint density at radius 2 is 1.82 bits per heavy atom. The topological polar surface area (TPSA) is 96.9 Å². The minimum Gasteiger partial charge on any atom is -0.497 e. The zero-order chi connectivity index (χ0) is 16.4. The van der Waals surface area contributed by atoms with Crippen LogP contribution in [-0.4, -0.2) is 49.8 Å². The van der Waals surface area contributed by atoms with E-state index in [-0.39, 0.29) is 19.8 Å². The van der Waals surface area contributed by atoms with Crippen LogP contribution < -0.4 is 20.1 Å². The number of amides is 2. The number of carbonyl (C=O) groups excluding carboxylic acids is 2. The molecule has 0 spiro atoms. The molecule has 0 aliphatic heterocycles. The van der Waals surface area contributed by atoms with Crippen LogP contribution in [0, 0.1) is 0 Å². The van der Waals surface area contributed by atoms with Gasteiger partial charge >= 0.3 is 11.8 Å². The zero-order valence-corrected chi connectivity index (χ0v) is 12.8. The standard InChI is InChI=1S/C15H22N2O5/c1-3-11(10-18)17-15(20)14(19)16-8-9-22-13-6-4-12(21-2)5-7-13/h4-7,11,18H,3,8-10H2,1-2H3,(H,16,19)(H,17,20). The van der Waals surface area contributed by atoms with Crippen molar-refractivity contribution in [3.05, 3.63) is 24.3 Å². The van der Waals surface area contributed by atoms with Crippen molar-refractivity contribution < 1.29 is 24.2 Å². The molecule has 7 heteroatoms. The molecule has 1 rings (SSSR count). The second kappa shape index (κ2) is 9.62. The van der Waals surface area contributed by atoms with Gasteiger partial charge in [-0.05, 0) is 30.7 Å². The third kappa shape index (κ3) is 6.01. The number of hydrogen-bond acceptors (Lipinski definition) is 5. The highest BCUT2D eigenvalue weighted by Gasteiger charge is 2.16. The lowest BCUT2D eigenvalue weighted by Crippen LogP contribution is -2.46. The van der Waals surface area contributed by atoms with E-state index >= 15 is 0 Å². The summed E-state index contributed by atoms with van der Waals surface area (Å²) in [7, 11) is 1.58. The molecule has 1 atom stereocenters. The molecular weight excluding hydrogens is 288 g/mol. The predicted octanol–water partition coefficient (Wildman–Crippen LogP) is 0.0773. The van der Waals surface area contributed by atoms with Crippen LogP contribution in [0.15, 0.2) is 24.3 Å². The molecular formula is C15H22N2O5. The minimum atomic E-state index is -0.759. The molecule has 1 aromatic rings. The Balaban J connectivity index is 2.25. The van der Waals surface area contributed by atoms with E-state index in [1.165, 1.54) is 0 Å². The van der Waals surface area contributed by atoms with E-state index in [1.54, 1.807) is 31.4 Å². The fourth-order valence-electron chi connectivity index (χ4n) is 1.61. The number of benzene rings is 1. The smallest absolute Gasteiger partial charge is 0.309 e. The van der Waals surface area contributed by atoms with Crippen molar-refractivity contribution in [2.24, 2.45) is 0 Å². The Morgan fingerprint density at radius 3 is 2.36 bits per heavy atom. The molecule has 0 aliphatic rings. The summed E-state index contributed by atoms with van der Waals surface area (Å²) in [4.78, 5) is 23.0. The fraction of sp³-hybridized carbons (Fsp3) is 0.467. The van der Waals surface area contributed by atoms with E-state index in [0.717, 1.165) is 5.75 Å². The van der Waals surface area contributed by atoms with Crippen molar-refractivity contribution in [2.75, 3.05) is 26.9 Å². The van der Waals surface area contributed by atoms with Crippen molar-refractivity contribution in [2.45, 2.75) is 19.4 Å². The van der Waals surface area contributed by atoms with Gasteiger partial charge in [0.05, 0.1) is 26.3 Å². The monoisotopic (exact) mass is 310 g/mol. The van der Waals surface area contributed by atoms with Crippen LogP contribution in [-0.2, 0) is 9.59 Å². The van der Waals surface area contributed by atoms with Crippen LogP contribution in [0.1, 0.15) is 13.3 Å². The number of aliphatic hydroxyl groups excluding tert-OH is 1. The Labute approximate surface area is 129 Å². The summed E-state index contributed by atoms with van der Waals surface area (Å²) in [5.74, 6) is -0.131. The third-order valence-electron chi connectivity index (χ3n) is 2.97. The first-order chi connectivity index (χ1) is 10.6. The van der Waals surface area contributed by atoms with Crippen LogP contribution >= 0.6 is 0 Å². The Hall–Kier alpha value is -2.28. The molecule has 0 saturated heterocycles. The van der Waals surface area contributed by atoms with E-state index in [4.69, 9.17) is 14.6 Å². The van der Waals surface area contributed by atoms with Gasteiger partial charge in [-0.15, -0.1) is 0 Å². The first-order valence-electron chi connectivity index (χ1n) is 7.07. The maximum absolute atomic E-state index is 11.5. The van der Waals surface area contributed by atoms with Crippen molar-refractivity contribution in [3.8, 4) is 11.5 Å². The Bertz CT molecular complexity index is 471. The van der Waals surface area contributed by atoms with Gasteiger partial charge in [0.2, 0.25) is 0 Å². The Morgan fingerprint density at radius 1 is 1.18 bits per heavy atom. The highest BCUT2D eigenvalue weighted by Crippen LogP contribution is 2.16. The second-order valence-electron chi connectivity index (χ2n) is 4.54. The summed E-state index contributed by atoms with van der Waals surface area (Å²) in [6.07, 6.45) is 0.552. The molecule has 122 valence electrons. The Kier molecular flexibility index (Phi) is 7.77. The normalized spacial score (nSPS) is 11.4. The number of hydrogen-bond donors (Lipinski definition) is 3. The lowest BCUT2D eigenvalue weighted by molar-refractivity contribution is -0.139. The first kappa shape index (κ1) is 17.8. The van der Waals surface area contributed by atoms with Crippen LogP contribution in [0.5, 0.6) is 11.5 Å². The zero-order valence-electron chi connectivity index (χ0n) is 12.8. The summed E-state index contributed by atoms with van der Waals surface area (Å²) in [5.41, 5.74) is 0. The quantitative estimate of drug-likeness (QED) is 0.467. The van der Waals surface area contributed by atoms with E-state index < -0.39 is 17.9 Å². The van der Waals surface area contributed by atoms with E-state index in [9.17, 15) is 9.59 Å². The van der Waals surface area contributed by atoms with Gasteiger partial charge in [-0.1, -0.05) is 6.92 Å². The summed E-state index contributed by atoms with van der Waals surface area (Å²) in [5, 5.41) is 13.8. The lowest BCUT2D eigenvalue weighted by Gasteiger charge is -2.13. The highest BCUT2D eigenvalue weighted by atomic mass is 16.5. The van der Waals surface area contributed by atoms with E-state index in [2.05, 4.69) is 10.6 Å². The molecule has 22 heavy (non-hydrogen) atoms. The number of ether oxygens (including phenoxy) is 2. The SMILES string of the molecule is CCC(CO)NC(=O)C(=O)NCCOc1ccc(OC)cc1. The molecule has 0 radical (unpaired) electrons. The van der Waals surface area contributed by atoms with Crippen molar-refractivity contribution in [1.29, 1.82) is 0 Å². The molecule has 0 aliphatic carbocycles. The van der Waals surface area contributed by atoms with Crippen molar-refractivity contribution in [3.63, 3.8) is 0 Å². The highest BCUT2D eigenvalue weighted by molar-refractivity contribution is 6.35. The van der Waals surface area contributed by atoms with Crippen molar-refractivity contribution >= 4 is 11.8 Å². The largest absolute Gasteiger partial charge is 0.497 e. The van der Waals surface area contributed by atoms with Crippen LogP contribution in [0.25, 0.3) is 0 Å². The number of aliphatic hydroxyl groups is 1. The summed E-state index contributed by atoms with van der Waals surface area (Å²) < 4.78 is 10.4. The first-order valence-corrected chi connectivity index (χ1v) is 7.07. The van der Waals surface area contributed by atoms with E-state index in [1.807, 2.05) is 6.92 Å². The van der Waals surface area contributed by atoms with Gasteiger partial charge < -0.3 is 25.2 Å². The molecule has 0 fully saturated rings. The minimum absolute atomic E-state index is 0.198. The summed E-state index contributed by atoms with van der Waals surface area (Å²) in [6, 6.07) is 6.62. The second-order valence-corrected chi connectivity index (χ2v) is 4.54. The molecule has 3 N–H and O–H groups in total. The molecule has 2 amide bonds. The number of carbonyl (C=O) groups is 2. The van der Waals surface area contributed by atoms with E-state index in [0.29, 0.717) is 12.2 Å². The van der Waals surface area contributed by atoms with Gasteiger partial charge in [-0.25, -0.2) is 0 Å². The fourth-order valence-corrected chi connectivity index (χ4v) is 1.61. The average Bonchev–Trinajstić information content (AvgIpc) is 2.56. The van der Waals surface area contributed by atoms with Crippen LogP contribution in [0.3, 0.4) is 0 Å². The van der Waals surface area contributed by atoms with Gasteiger partial charge in [0.15, 0.2) is 0 Å². The molecule has 0 heterocycles. The number of nitrogens with one attached hydrogen (secondary N) is 2. The van der Waals surface area contributed by atoms with Gasteiger partial charge in [-0.2, -0.15) is 0 Å². The summed E-state index contributed by atoms with van der Waals surface area (Å²) in [6.45, 7) is 2.05. The molecule has 0 aromatic heterocycles. The van der Waals surface area contributed by atoms with Gasteiger partial charge in [0, 0.05) is 0 Å². The number of rotatable bonds is 8. The van der Waals surface area contributed by atoms with Crippen LogP contribution in [0.2, 0.25) is 0 Å². The van der Waals surface area contributed by atoms with Crippen molar-refractivity contribution in [1.82, 2.24) is 10.6 Å². The molecule has 0 bridgehead atoms.